The molecule has 22 nitrogen and oxygen atoms in total. The Hall–Kier alpha value is -6.52. The summed E-state index contributed by atoms with van der Waals surface area (Å²) in [4.78, 5) is 102. The molecule has 0 unspecified atom stereocenters. The van der Waals surface area contributed by atoms with Crippen molar-refractivity contribution in [2.75, 3.05) is 31.5 Å². The van der Waals surface area contributed by atoms with Crippen LogP contribution in [-0.2, 0) is 30.5 Å². The van der Waals surface area contributed by atoms with Crippen molar-refractivity contribution in [1.29, 1.82) is 0 Å². The van der Waals surface area contributed by atoms with Gasteiger partial charge in [-0.25, -0.2) is 20.1 Å². The number of aliphatic hydroxyl groups excluding tert-OH is 1. The second kappa shape index (κ2) is 20.4. The molecule has 0 aromatic heterocycles. The Balaban J connectivity index is 1.30. The lowest BCUT2D eigenvalue weighted by Gasteiger charge is -2.30. The summed E-state index contributed by atoms with van der Waals surface area (Å²) in [5, 5.41) is 30.6. The monoisotopic (exact) mass is 833 g/mol. The molecule has 3 heterocycles. The quantitative estimate of drug-likeness (QED) is 0.0255. The van der Waals surface area contributed by atoms with Crippen molar-refractivity contribution in [3.05, 3.63) is 69.3 Å². The van der Waals surface area contributed by atoms with Crippen molar-refractivity contribution in [3.8, 4) is 0 Å². The number of carbonyl (C=O) groups excluding carboxylic acids is 6. The summed E-state index contributed by atoms with van der Waals surface area (Å²) < 4.78 is 0. The molecule has 322 valence electrons. The van der Waals surface area contributed by atoms with Gasteiger partial charge in [0, 0.05) is 30.9 Å². The minimum Gasteiger partial charge on any atom is -0.391 e. The van der Waals surface area contributed by atoms with E-state index in [0.717, 1.165) is 5.56 Å². The van der Waals surface area contributed by atoms with E-state index in [9.17, 15) is 44.0 Å². The number of aliphatic hydroxyl groups is 1. The summed E-state index contributed by atoms with van der Waals surface area (Å²) in [6.07, 6.45) is 0.647. The summed E-state index contributed by atoms with van der Waals surface area (Å²) in [5.74, 6) is -2.99. The number of nitrogens with one attached hydrogen (secondary N) is 5. The molecule has 0 bridgehead atoms. The molecule has 1 fully saturated rings. The van der Waals surface area contributed by atoms with Gasteiger partial charge in [0.1, 0.15) is 30.0 Å². The number of nitrogens with two attached hydrogens (primary N) is 3. The van der Waals surface area contributed by atoms with E-state index in [4.69, 9.17) is 22.2 Å². The zero-order valence-electron chi connectivity index (χ0n) is 33.1. The first-order chi connectivity index (χ1) is 28.7. The maximum Gasteiger partial charge on any atom is 0.260 e. The predicted molar refractivity (Wildman–Crippen MR) is 218 cm³/mol. The molecule has 3 aliphatic rings. The van der Waals surface area contributed by atoms with Gasteiger partial charge in [-0.15, -0.1) is 0 Å². The van der Waals surface area contributed by atoms with Gasteiger partial charge in [0.15, 0.2) is 5.03 Å². The lowest BCUT2D eigenvalue weighted by Crippen LogP contribution is -2.58. The van der Waals surface area contributed by atoms with Crippen LogP contribution in [0.4, 0.5) is 11.4 Å². The van der Waals surface area contributed by atoms with E-state index < -0.39 is 64.9 Å². The Kier molecular flexibility index (Phi) is 15.2. The highest BCUT2D eigenvalue weighted by atomic mass is 16.7. The third-order valence-corrected chi connectivity index (χ3v) is 10.3. The average Bonchev–Trinajstić information content (AvgIpc) is 3.82. The fourth-order valence-electron chi connectivity index (χ4n) is 7.11. The fraction of sp³-hybridized carbons (Fsp3) is 0.474. The number of likely N-dealkylation sites (tertiary alicyclic amines) is 1. The molecule has 0 saturated carbocycles. The van der Waals surface area contributed by atoms with Crippen molar-refractivity contribution in [2.45, 2.75) is 88.7 Å². The summed E-state index contributed by atoms with van der Waals surface area (Å²) in [6.45, 7) is 1.80. The topological polar surface area (TPSA) is 335 Å². The minimum absolute atomic E-state index is 0.0171. The number of guanidine groups is 1. The van der Waals surface area contributed by atoms with Gasteiger partial charge in [0.05, 0.1) is 30.4 Å². The molecule has 2 aromatic rings. The van der Waals surface area contributed by atoms with Crippen LogP contribution in [0.1, 0.15) is 73.4 Å². The number of amidine groups is 1. The smallest absolute Gasteiger partial charge is 0.260 e. The molecule has 2 aromatic carbocycles. The third-order valence-electron chi connectivity index (χ3n) is 10.3. The number of fused-ring (bicyclic) bond motifs is 4. The SMILES string of the molecule is C[C@@H](O)[C@H](N)C(=O)N[C@@H](CCCCNC(=O)CN)C(=O)N1CCC[C@H]1C(=O)N[C@@H](CCCN=C(N)N[N+](=O)[O-])C(=O)Nc1ccc2c(c1)CN1C(=O)c3ccccc3C1=N2. The second-order valence-corrected chi connectivity index (χ2v) is 14.6. The van der Waals surface area contributed by atoms with Crippen molar-refractivity contribution >= 4 is 58.6 Å². The van der Waals surface area contributed by atoms with Crippen molar-refractivity contribution in [1.82, 2.24) is 31.2 Å². The van der Waals surface area contributed by atoms with Gasteiger partial charge in [-0.1, -0.05) is 23.6 Å². The van der Waals surface area contributed by atoms with Gasteiger partial charge in [-0.3, -0.25) is 33.7 Å². The number of hydrazine groups is 1. The van der Waals surface area contributed by atoms with Crippen LogP contribution in [0, 0.1) is 10.1 Å². The Morgan fingerprint density at radius 1 is 1.03 bits per heavy atom. The van der Waals surface area contributed by atoms with E-state index in [1.807, 2.05) is 12.1 Å². The van der Waals surface area contributed by atoms with Crippen LogP contribution in [0.3, 0.4) is 0 Å². The van der Waals surface area contributed by atoms with E-state index in [2.05, 4.69) is 26.3 Å². The molecule has 22 heteroatoms. The van der Waals surface area contributed by atoms with Gasteiger partial charge in [-0.05, 0) is 81.7 Å². The number of nitro groups is 1. The van der Waals surface area contributed by atoms with Crippen LogP contribution in [0.15, 0.2) is 52.4 Å². The molecule has 5 rings (SSSR count). The van der Waals surface area contributed by atoms with Gasteiger partial charge < -0.3 is 48.5 Å². The molecule has 5 atom stereocenters. The second-order valence-electron chi connectivity index (χ2n) is 14.6. The Labute approximate surface area is 344 Å². The van der Waals surface area contributed by atoms with Crippen LogP contribution < -0.4 is 43.9 Å². The number of hydrogen-bond acceptors (Lipinski definition) is 13. The van der Waals surface area contributed by atoms with Crippen LogP contribution in [-0.4, -0.2) is 124 Å². The number of benzene rings is 2. The maximum absolute atomic E-state index is 14.0. The molecule has 1 saturated heterocycles. The van der Waals surface area contributed by atoms with Gasteiger partial charge >= 0.3 is 0 Å². The lowest BCUT2D eigenvalue weighted by atomic mass is 10.0. The van der Waals surface area contributed by atoms with Gasteiger partial charge in [-0.2, -0.15) is 0 Å². The molecule has 0 aliphatic carbocycles. The lowest BCUT2D eigenvalue weighted by molar-refractivity contribution is -0.525. The molecule has 60 heavy (non-hydrogen) atoms. The zero-order valence-corrected chi connectivity index (χ0v) is 33.1. The predicted octanol–water partition coefficient (Wildman–Crippen LogP) is -1.54. The van der Waals surface area contributed by atoms with Crippen LogP contribution >= 0.6 is 0 Å². The Morgan fingerprint density at radius 2 is 1.77 bits per heavy atom. The number of nitrogens with zero attached hydrogens (tertiary/aromatic N) is 5. The van der Waals surface area contributed by atoms with Crippen molar-refractivity contribution in [3.63, 3.8) is 0 Å². The minimum atomic E-state index is -1.32. The summed E-state index contributed by atoms with van der Waals surface area (Å²) in [6, 6.07) is 7.62. The molecule has 6 amide bonds. The number of hydrogen-bond donors (Lipinski definition) is 9. The molecular formula is C38H51N13O9. The van der Waals surface area contributed by atoms with Crippen LogP contribution in [0.25, 0.3) is 0 Å². The number of unbranched alkanes of at least 4 members (excludes halogenated alkanes) is 1. The third kappa shape index (κ3) is 11.1. The first-order valence-corrected chi connectivity index (χ1v) is 19.6. The molecule has 12 N–H and O–H groups in total. The number of carbonyl (C=O) groups is 6. The highest BCUT2D eigenvalue weighted by Gasteiger charge is 2.40. The molecular weight excluding hydrogens is 782 g/mol. The zero-order chi connectivity index (χ0) is 43.5. The normalized spacial score (nSPS) is 17.5. The number of aliphatic imine (C=N–C) groups is 2. The number of anilines is 1. The maximum atomic E-state index is 14.0. The first-order valence-electron chi connectivity index (χ1n) is 19.6. The van der Waals surface area contributed by atoms with Gasteiger partial charge in [0.25, 0.3) is 11.9 Å². The number of rotatable bonds is 19. The molecule has 0 spiro atoms. The van der Waals surface area contributed by atoms with E-state index in [0.29, 0.717) is 47.6 Å². The summed E-state index contributed by atoms with van der Waals surface area (Å²) in [5.41, 5.74) is 21.4. The van der Waals surface area contributed by atoms with Crippen LogP contribution in [0.5, 0.6) is 0 Å². The van der Waals surface area contributed by atoms with Crippen molar-refractivity contribution < 1.29 is 38.9 Å². The number of amides is 6. The Morgan fingerprint density at radius 3 is 2.48 bits per heavy atom. The van der Waals surface area contributed by atoms with Gasteiger partial charge in [0.2, 0.25) is 29.5 Å². The standard InChI is InChI=1S/C38H51N13O9/c1-21(52)31(40)35(56)47-28(10-4-5-15-42-30(53)19-39)37(58)49-17-7-12-29(49)34(55)46-27(11-6-16-43-38(41)48-51(59)60)33(54)44-23-13-14-26-22(18-23)20-50-32(45-26)24-8-2-3-9-25(24)36(50)57/h2-3,8-9,13-14,18,21,27-29,31,52H,4-7,10-12,15-17,19-20,39-40H2,1H3,(H,42,53)(H,44,54)(H,46,55)(H,47,56)(H3,41,43,48)/t21-,27+,28+,29+,31+/m1/s1. The first kappa shape index (κ1) is 44.6. The summed E-state index contributed by atoms with van der Waals surface area (Å²) >= 11 is 0. The molecule has 0 radical (unpaired) electrons. The van der Waals surface area contributed by atoms with E-state index in [1.54, 1.807) is 40.7 Å². The van der Waals surface area contributed by atoms with E-state index in [-0.39, 0.29) is 70.2 Å². The Bertz CT molecular complexity index is 2040. The largest absolute Gasteiger partial charge is 0.391 e. The van der Waals surface area contributed by atoms with Crippen LogP contribution in [0.2, 0.25) is 0 Å². The van der Waals surface area contributed by atoms with E-state index in [1.165, 1.54) is 11.8 Å². The van der Waals surface area contributed by atoms with E-state index >= 15 is 0 Å². The van der Waals surface area contributed by atoms with Crippen molar-refractivity contribution in [2.24, 2.45) is 27.2 Å². The molecule has 3 aliphatic heterocycles. The fourth-order valence-corrected chi connectivity index (χ4v) is 7.11. The highest BCUT2D eigenvalue weighted by molar-refractivity contribution is 6.24. The highest BCUT2D eigenvalue weighted by Crippen LogP contribution is 2.35. The summed E-state index contributed by atoms with van der Waals surface area (Å²) in [7, 11) is 0. The average molecular weight is 834 g/mol.